The molecule has 3 rings (SSSR count). The second-order valence-corrected chi connectivity index (χ2v) is 5.18. The van der Waals surface area contributed by atoms with Crippen molar-refractivity contribution in [3.63, 3.8) is 0 Å². The highest BCUT2D eigenvalue weighted by Gasteiger charge is 2.19. The van der Waals surface area contributed by atoms with Gasteiger partial charge in [-0.25, -0.2) is 0 Å². The molecule has 2 heterocycles. The van der Waals surface area contributed by atoms with E-state index >= 15 is 0 Å². The Hall–Kier alpha value is -2.14. The van der Waals surface area contributed by atoms with E-state index in [0.29, 0.717) is 13.2 Å². The summed E-state index contributed by atoms with van der Waals surface area (Å²) in [5.74, 6) is -0.0727. The number of carbonyl (C=O) groups excluding carboxylic acids is 1. The minimum absolute atomic E-state index is 0.0727. The number of hydrogen-bond donors (Lipinski definition) is 1. The minimum Gasteiger partial charge on any atom is -0.376 e. The number of carbonyl (C=O) groups is 1. The van der Waals surface area contributed by atoms with Gasteiger partial charge < -0.3 is 10.1 Å². The number of benzene rings is 1. The first-order chi connectivity index (χ1) is 10.2. The highest BCUT2D eigenvalue weighted by Crippen LogP contribution is 2.23. The zero-order valence-corrected chi connectivity index (χ0v) is 12.3. The van der Waals surface area contributed by atoms with Crippen LogP contribution in [-0.2, 0) is 31.2 Å². The number of hydrogen-bond acceptors (Lipinski definition) is 3. The van der Waals surface area contributed by atoms with Gasteiger partial charge in [-0.05, 0) is 30.0 Å². The lowest BCUT2D eigenvalue weighted by Gasteiger charge is -2.19. The van der Waals surface area contributed by atoms with Crippen LogP contribution in [0.15, 0.2) is 24.4 Å². The van der Waals surface area contributed by atoms with Crippen molar-refractivity contribution in [2.24, 2.45) is 7.05 Å². The van der Waals surface area contributed by atoms with Crippen LogP contribution in [0, 0.1) is 0 Å². The molecule has 5 nitrogen and oxygen atoms in total. The molecule has 2 aromatic rings. The maximum Gasteiger partial charge on any atom is 0.256 e. The maximum atomic E-state index is 12.6. The second-order valence-electron chi connectivity index (χ2n) is 5.18. The summed E-state index contributed by atoms with van der Waals surface area (Å²) in [7, 11) is 1.89. The van der Waals surface area contributed by atoms with Crippen LogP contribution in [0.1, 0.15) is 34.1 Å². The Labute approximate surface area is 123 Å². The van der Waals surface area contributed by atoms with E-state index in [1.165, 1.54) is 0 Å². The molecule has 0 saturated heterocycles. The van der Waals surface area contributed by atoms with Crippen LogP contribution in [0.4, 0.5) is 5.69 Å². The average molecular weight is 285 g/mol. The first kappa shape index (κ1) is 13.8. The highest BCUT2D eigenvalue weighted by atomic mass is 16.5. The van der Waals surface area contributed by atoms with Crippen molar-refractivity contribution >= 4 is 11.6 Å². The molecule has 0 fully saturated rings. The molecule has 0 atom stereocenters. The SMILES string of the molecule is CCc1c(NC(=O)c2cccc3c2CCOC3)cnn1C. The summed E-state index contributed by atoms with van der Waals surface area (Å²) in [6.07, 6.45) is 3.31. The van der Waals surface area contributed by atoms with Crippen LogP contribution in [0.2, 0.25) is 0 Å². The van der Waals surface area contributed by atoms with Gasteiger partial charge in [-0.1, -0.05) is 19.1 Å². The van der Waals surface area contributed by atoms with Gasteiger partial charge in [0.25, 0.3) is 5.91 Å². The van der Waals surface area contributed by atoms with E-state index in [9.17, 15) is 4.79 Å². The van der Waals surface area contributed by atoms with Crippen LogP contribution in [0.3, 0.4) is 0 Å². The Kier molecular flexibility index (Phi) is 3.75. The number of nitrogens with one attached hydrogen (secondary N) is 1. The Morgan fingerprint density at radius 2 is 2.33 bits per heavy atom. The number of aromatic nitrogens is 2. The fourth-order valence-corrected chi connectivity index (χ4v) is 2.81. The quantitative estimate of drug-likeness (QED) is 0.941. The van der Waals surface area contributed by atoms with Crippen LogP contribution in [0.5, 0.6) is 0 Å². The number of aryl methyl sites for hydroxylation is 1. The summed E-state index contributed by atoms with van der Waals surface area (Å²) in [6.45, 7) is 3.31. The number of amides is 1. The largest absolute Gasteiger partial charge is 0.376 e. The zero-order chi connectivity index (χ0) is 14.8. The van der Waals surface area contributed by atoms with E-state index in [2.05, 4.69) is 10.4 Å². The third-order valence-electron chi connectivity index (χ3n) is 3.92. The molecule has 0 spiro atoms. The molecular weight excluding hydrogens is 266 g/mol. The van der Waals surface area contributed by atoms with Crippen LogP contribution < -0.4 is 5.32 Å². The molecule has 1 N–H and O–H groups in total. The summed E-state index contributed by atoms with van der Waals surface area (Å²) in [6, 6.07) is 5.81. The van der Waals surface area contributed by atoms with E-state index in [1.54, 1.807) is 10.9 Å². The van der Waals surface area contributed by atoms with E-state index in [-0.39, 0.29) is 5.91 Å². The van der Waals surface area contributed by atoms with Gasteiger partial charge in [0, 0.05) is 12.6 Å². The van der Waals surface area contributed by atoms with Crippen LogP contribution in [-0.4, -0.2) is 22.3 Å². The molecule has 1 amide bonds. The van der Waals surface area contributed by atoms with Gasteiger partial charge in [0.2, 0.25) is 0 Å². The number of nitrogens with zero attached hydrogens (tertiary/aromatic N) is 2. The van der Waals surface area contributed by atoms with Gasteiger partial charge in [0.05, 0.1) is 30.8 Å². The van der Waals surface area contributed by atoms with Crippen molar-refractivity contribution < 1.29 is 9.53 Å². The minimum atomic E-state index is -0.0727. The van der Waals surface area contributed by atoms with E-state index in [1.807, 2.05) is 32.2 Å². The van der Waals surface area contributed by atoms with Gasteiger partial charge in [-0.15, -0.1) is 0 Å². The Balaban J connectivity index is 1.89. The van der Waals surface area contributed by atoms with Gasteiger partial charge in [-0.2, -0.15) is 5.10 Å². The molecule has 0 unspecified atom stereocenters. The topological polar surface area (TPSA) is 56.1 Å². The summed E-state index contributed by atoms with van der Waals surface area (Å²) in [5.41, 5.74) is 4.76. The molecule has 0 bridgehead atoms. The molecule has 21 heavy (non-hydrogen) atoms. The molecule has 1 aliphatic rings. The molecule has 5 heteroatoms. The summed E-state index contributed by atoms with van der Waals surface area (Å²) >= 11 is 0. The van der Waals surface area contributed by atoms with Crippen molar-refractivity contribution in [2.45, 2.75) is 26.4 Å². The fraction of sp³-hybridized carbons (Fsp3) is 0.375. The molecule has 1 aromatic carbocycles. The number of fused-ring (bicyclic) bond motifs is 1. The summed E-state index contributed by atoms with van der Waals surface area (Å²) < 4.78 is 7.24. The van der Waals surface area contributed by atoms with Gasteiger partial charge in [0.1, 0.15) is 0 Å². The van der Waals surface area contributed by atoms with Crippen molar-refractivity contribution in [3.05, 3.63) is 46.8 Å². The van der Waals surface area contributed by atoms with Crippen molar-refractivity contribution in [3.8, 4) is 0 Å². The lowest BCUT2D eigenvalue weighted by atomic mass is 9.96. The van der Waals surface area contributed by atoms with Crippen LogP contribution in [0.25, 0.3) is 0 Å². The first-order valence-electron chi connectivity index (χ1n) is 7.21. The van der Waals surface area contributed by atoms with Gasteiger partial charge in [-0.3, -0.25) is 9.48 Å². The summed E-state index contributed by atoms with van der Waals surface area (Å²) in [5, 5.41) is 7.19. The molecule has 0 aliphatic carbocycles. The van der Waals surface area contributed by atoms with E-state index in [4.69, 9.17) is 4.74 Å². The van der Waals surface area contributed by atoms with Crippen molar-refractivity contribution in [2.75, 3.05) is 11.9 Å². The van der Waals surface area contributed by atoms with Gasteiger partial charge in [0.15, 0.2) is 0 Å². The van der Waals surface area contributed by atoms with Crippen LogP contribution >= 0.6 is 0 Å². The average Bonchev–Trinajstić information content (AvgIpc) is 2.86. The highest BCUT2D eigenvalue weighted by molar-refractivity contribution is 6.05. The predicted octanol–water partition coefficient (Wildman–Crippen LogP) is 2.31. The molecular formula is C16H19N3O2. The third kappa shape index (κ3) is 2.56. The van der Waals surface area contributed by atoms with Crippen molar-refractivity contribution in [1.29, 1.82) is 0 Å². The molecule has 0 radical (unpaired) electrons. The molecule has 0 saturated carbocycles. The second kappa shape index (κ2) is 5.69. The van der Waals surface area contributed by atoms with Crippen molar-refractivity contribution in [1.82, 2.24) is 9.78 Å². The smallest absolute Gasteiger partial charge is 0.256 e. The molecule has 1 aromatic heterocycles. The standard InChI is InChI=1S/C16H19N3O2/c1-3-15-14(9-17-19(15)2)18-16(20)13-6-4-5-11-10-21-8-7-12(11)13/h4-6,9H,3,7-8,10H2,1-2H3,(H,18,20). The van der Waals surface area contributed by atoms with E-state index in [0.717, 1.165) is 40.9 Å². The number of rotatable bonds is 3. The zero-order valence-electron chi connectivity index (χ0n) is 12.3. The first-order valence-corrected chi connectivity index (χ1v) is 7.21. The lowest BCUT2D eigenvalue weighted by molar-refractivity contribution is 0.100. The monoisotopic (exact) mass is 285 g/mol. The third-order valence-corrected chi connectivity index (χ3v) is 3.92. The van der Waals surface area contributed by atoms with E-state index < -0.39 is 0 Å². The summed E-state index contributed by atoms with van der Waals surface area (Å²) in [4.78, 5) is 12.6. The Bertz CT molecular complexity index is 676. The normalized spacial score (nSPS) is 13.8. The Morgan fingerprint density at radius 3 is 3.14 bits per heavy atom. The van der Waals surface area contributed by atoms with Gasteiger partial charge >= 0.3 is 0 Å². The fourth-order valence-electron chi connectivity index (χ4n) is 2.81. The predicted molar refractivity (Wildman–Crippen MR) is 80.3 cm³/mol. The number of anilines is 1. The number of ether oxygens (including phenoxy) is 1. The maximum absolute atomic E-state index is 12.6. The Morgan fingerprint density at radius 1 is 1.48 bits per heavy atom. The molecule has 110 valence electrons. The molecule has 1 aliphatic heterocycles. The lowest BCUT2D eigenvalue weighted by Crippen LogP contribution is -2.19.